The van der Waals surface area contributed by atoms with Crippen LogP contribution in [-0.4, -0.2) is 29.7 Å². The van der Waals surface area contributed by atoms with Gasteiger partial charge in [0.15, 0.2) is 11.5 Å². The van der Waals surface area contributed by atoms with Crippen molar-refractivity contribution >= 4 is 11.5 Å². The fraction of sp³-hybridized carbons (Fsp3) is 0.250. The number of carbonyl (C=O) groups is 1. The maximum Gasteiger partial charge on any atom is 0.269 e. The van der Waals surface area contributed by atoms with Crippen LogP contribution in [0, 0.1) is 10.1 Å². The lowest BCUT2D eigenvalue weighted by Crippen LogP contribution is -2.11. The van der Waals surface area contributed by atoms with Crippen molar-refractivity contribution in [3.63, 3.8) is 0 Å². The van der Waals surface area contributed by atoms with Gasteiger partial charge in [-0.05, 0) is 12.1 Å². The van der Waals surface area contributed by atoms with Crippen LogP contribution in [0.1, 0.15) is 6.92 Å². The first-order valence-corrected chi connectivity index (χ1v) is 5.21. The molecule has 6 nitrogen and oxygen atoms in total. The molecule has 0 saturated heterocycles. The van der Waals surface area contributed by atoms with Gasteiger partial charge in [-0.15, -0.1) is 0 Å². The summed E-state index contributed by atoms with van der Waals surface area (Å²) in [4.78, 5) is 23.0. The Balaban J connectivity index is 2.88. The van der Waals surface area contributed by atoms with Crippen molar-refractivity contribution in [2.45, 2.75) is 6.92 Å². The monoisotopic (exact) mass is 250 g/mol. The summed E-state index contributed by atoms with van der Waals surface area (Å²) in [6.45, 7) is 1.39. The zero-order valence-corrected chi connectivity index (χ0v) is 10.4. The molecule has 0 radical (unpaired) electrons. The van der Waals surface area contributed by atoms with Crippen molar-refractivity contribution in [2.75, 3.05) is 14.1 Å². The highest BCUT2D eigenvalue weighted by atomic mass is 16.6. The van der Waals surface area contributed by atoms with E-state index in [9.17, 15) is 14.9 Å². The van der Waals surface area contributed by atoms with Gasteiger partial charge in [-0.25, -0.2) is 0 Å². The molecule has 0 heterocycles. The number of ether oxygens (including phenoxy) is 1. The molecule has 0 aromatic heterocycles. The van der Waals surface area contributed by atoms with Gasteiger partial charge in [0.2, 0.25) is 0 Å². The second-order valence-corrected chi connectivity index (χ2v) is 3.87. The summed E-state index contributed by atoms with van der Waals surface area (Å²) in [5, 5.41) is 10.5. The van der Waals surface area contributed by atoms with E-state index in [4.69, 9.17) is 4.74 Å². The van der Waals surface area contributed by atoms with Gasteiger partial charge in [-0.2, -0.15) is 0 Å². The molecule has 1 aromatic carbocycles. The molecule has 96 valence electrons. The summed E-state index contributed by atoms with van der Waals surface area (Å²) < 4.78 is 5.37. The van der Waals surface area contributed by atoms with E-state index in [1.54, 1.807) is 25.2 Å². The van der Waals surface area contributed by atoms with E-state index >= 15 is 0 Å². The zero-order chi connectivity index (χ0) is 13.7. The van der Waals surface area contributed by atoms with E-state index in [0.717, 1.165) is 0 Å². The lowest BCUT2D eigenvalue weighted by Gasteiger charge is -2.10. The van der Waals surface area contributed by atoms with Gasteiger partial charge >= 0.3 is 0 Å². The summed E-state index contributed by atoms with van der Waals surface area (Å²) in [5.41, 5.74) is -0.0247. The van der Waals surface area contributed by atoms with Crippen molar-refractivity contribution in [1.82, 2.24) is 4.90 Å². The highest BCUT2D eigenvalue weighted by Gasteiger charge is 2.09. The Hall–Kier alpha value is -2.37. The first-order chi connectivity index (χ1) is 8.40. The van der Waals surface area contributed by atoms with Crippen LogP contribution in [0.4, 0.5) is 5.69 Å². The average molecular weight is 250 g/mol. The van der Waals surface area contributed by atoms with Crippen molar-refractivity contribution in [3.8, 4) is 5.75 Å². The van der Waals surface area contributed by atoms with E-state index in [1.165, 1.54) is 31.2 Å². The average Bonchev–Trinajstić information content (AvgIpc) is 2.28. The number of ketones is 1. The first-order valence-electron chi connectivity index (χ1n) is 5.21. The van der Waals surface area contributed by atoms with Crippen LogP contribution >= 0.6 is 0 Å². The predicted octanol–water partition coefficient (Wildman–Crippen LogP) is 1.97. The zero-order valence-electron chi connectivity index (χ0n) is 10.4. The molecule has 0 aliphatic carbocycles. The number of rotatable bonds is 5. The van der Waals surface area contributed by atoms with Crippen LogP contribution in [0.3, 0.4) is 0 Å². The van der Waals surface area contributed by atoms with E-state index in [1.807, 2.05) is 0 Å². The van der Waals surface area contributed by atoms with E-state index in [2.05, 4.69) is 0 Å². The highest BCUT2D eigenvalue weighted by molar-refractivity contribution is 5.91. The fourth-order valence-corrected chi connectivity index (χ4v) is 1.19. The summed E-state index contributed by atoms with van der Waals surface area (Å²) in [7, 11) is 3.53. The largest absolute Gasteiger partial charge is 0.452 e. The molecule has 0 atom stereocenters. The number of benzene rings is 1. The second-order valence-electron chi connectivity index (χ2n) is 3.87. The van der Waals surface area contributed by atoms with Crippen LogP contribution in [-0.2, 0) is 4.79 Å². The van der Waals surface area contributed by atoms with Gasteiger partial charge in [0.25, 0.3) is 5.69 Å². The number of carbonyl (C=O) groups excluding carboxylic acids is 1. The molecule has 0 amide bonds. The Morgan fingerprint density at radius 2 is 1.89 bits per heavy atom. The van der Waals surface area contributed by atoms with Gasteiger partial charge in [-0.3, -0.25) is 14.9 Å². The molecule has 0 spiro atoms. The number of hydrogen-bond acceptors (Lipinski definition) is 5. The van der Waals surface area contributed by atoms with Crippen molar-refractivity contribution < 1.29 is 14.5 Å². The van der Waals surface area contributed by atoms with Crippen molar-refractivity contribution in [1.29, 1.82) is 0 Å². The minimum atomic E-state index is -0.495. The molecule has 0 N–H and O–H groups in total. The smallest absolute Gasteiger partial charge is 0.269 e. The molecule has 0 fully saturated rings. The van der Waals surface area contributed by atoms with Gasteiger partial charge in [0, 0.05) is 39.4 Å². The third kappa shape index (κ3) is 3.89. The molecule has 1 rings (SSSR count). The Bertz CT molecular complexity index is 477. The second kappa shape index (κ2) is 5.81. The number of Topliss-reactive ketones (excluding diaryl/α,β-unsaturated/α-hetero) is 1. The number of hydrogen-bond donors (Lipinski definition) is 0. The minimum absolute atomic E-state index is 0.0247. The van der Waals surface area contributed by atoms with Crippen LogP contribution in [0.15, 0.2) is 36.2 Å². The van der Waals surface area contributed by atoms with E-state index < -0.39 is 4.92 Å². The number of nitro groups is 1. The van der Waals surface area contributed by atoms with Crippen LogP contribution in [0.2, 0.25) is 0 Å². The van der Waals surface area contributed by atoms with Crippen molar-refractivity contribution in [3.05, 3.63) is 46.3 Å². The summed E-state index contributed by atoms with van der Waals surface area (Å²) in [6.07, 6.45) is 1.55. The lowest BCUT2D eigenvalue weighted by atomic mass is 10.3. The standard InChI is InChI=1S/C12H14N2O4/c1-9(15)12(8-13(2)3)18-11-6-4-10(5-7-11)14(16)17/h4-8H,1-3H3/b12-8+. The predicted molar refractivity (Wildman–Crippen MR) is 66.2 cm³/mol. The summed E-state index contributed by atoms with van der Waals surface area (Å²) >= 11 is 0. The number of allylic oxidation sites excluding steroid dienone is 1. The topological polar surface area (TPSA) is 72.7 Å². The quantitative estimate of drug-likeness (QED) is 0.346. The first kappa shape index (κ1) is 13.7. The van der Waals surface area contributed by atoms with Crippen LogP contribution in [0.5, 0.6) is 5.75 Å². The third-order valence-electron chi connectivity index (χ3n) is 2.00. The van der Waals surface area contributed by atoms with Crippen LogP contribution < -0.4 is 4.74 Å². The summed E-state index contributed by atoms with van der Waals surface area (Å²) in [5.74, 6) is 0.333. The molecule has 0 aliphatic rings. The lowest BCUT2D eigenvalue weighted by molar-refractivity contribution is -0.384. The van der Waals surface area contributed by atoms with Crippen molar-refractivity contribution in [2.24, 2.45) is 0 Å². The molecule has 0 saturated carbocycles. The van der Waals surface area contributed by atoms with Gasteiger partial charge in [0.1, 0.15) is 5.75 Å². The number of nitrogens with zero attached hydrogens (tertiary/aromatic N) is 2. The molecular formula is C12H14N2O4. The molecule has 6 heteroatoms. The van der Waals surface area contributed by atoms with Gasteiger partial charge < -0.3 is 9.64 Å². The molecule has 18 heavy (non-hydrogen) atoms. The maximum absolute atomic E-state index is 11.3. The number of nitro benzene ring substituents is 1. The molecule has 1 aromatic rings. The summed E-state index contributed by atoms with van der Waals surface area (Å²) in [6, 6.07) is 5.54. The molecule has 0 aliphatic heterocycles. The Labute approximate surface area is 105 Å². The van der Waals surface area contributed by atoms with Gasteiger partial charge in [0.05, 0.1) is 4.92 Å². The highest BCUT2D eigenvalue weighted by Crippen LogP contribution is 2.19. The van der Waals surface area contributed by atoms with Gasteiger partial charge in [-0.1, -0.05) is 0 Å². The Morgan fingerprint density at radius 3 is 2.28 bits per heavy atom. The SMILES string of the molecule is CC(=O)/C(=C\N(C)C)Oc1ccc([N+](=O)[O-])cc1. The Kier molecular flexibility index (Phi) is 4.42. The van der Waals surface area contributed by atoms with E-state index in [-0.39, 0.29) is 17.2 Å². The Morgan fingerprint density at radius 1 is 1.33 bits per heavy atom. The normalized spacial score (nSPS) is 10.9. The molecule has 0 bridgehead atoms. The van der Waals surface area contributed by atoms with Crippen LogP contribution in [0.25, 0.3) is 0 Å². The molecule has 0 unspecified atom stereocenters. The van der Waals surface area contributed by atoms with E-state index in [0.29, 0.717) is 5.75 Å². The third-order valence-corrected chi connectivity index (χ3v) is 2.00. The number of non-ortho nitro benzene ring substituents is 1. The minimum Gasteiger partial charge on any atom is -0.452 e. The molecular weight excluding hydrogens is 236 g/mol. The fourth-order valence-electron chi connectivity index (χ4n) is 1.19. The maximum atomic E-state index is 11.3.